The van der Waals surface area contributed by atoms with Crippen molar-refractivity contribution in [1.29, 1.82) is 0 Å². The van der Waals surface area contributed by atoms with Crippen molar-refractivity contribution < 1.29 is 13.6 Å². The molecule has 0 saturated heterocycles. The molecule has 3 aromatic rings. The first-order valence-corrected chi connectivity index (χ1v) is 7.61. The molecule has 0 spiro atoms. The molecule has 0 atom stereocenters. The number of anilines is 1. The standard InChI is InChI=1S/C19H18FNO2/c1-3-21(16-7-5-15(20)6-8-16)19(22)11-14-12-23-18-10-13(2)4-9-17(14)18/h4-10,12H,3,11H2,1-2H3. The number of carbonyl (C=O) groups is 1. The molecule has 1 amide bonds. The Morgan fingerprint density at radius 2 is 1.91 bits per heavy atom. The van der Waals surface area contributed by atoms with Gasteiger partial charge in [0.25, 0.3) is 0 Å². The minimum atomic E-state index is -0.312. The number of halogens is 1. The topological polar surface area (TPSA) is 33.5 Å². The number of rotatable bonds is 4. The highest BCUT2D eigenvalue weighted by atomic mass is 19.1. The number of nitrogens with zero attached hydrogens (tertiary/aromatic N) is 1. The molecular weight excluding hydrogens is 293 g/mol. The van der Waals surface area contributed by atoms with Crippen LogP contribution in [0.2, 0.25) is 0 Å². The second kappa shape index (κ2) is 6.24. The zero-order valence-corrected chi connectivity index (χ0v) is 13.2. The van der Waals surface area contributed by atoms with E-state index in [1.165, 1.54) is 12.1 Å². The molecule has 0 fully saturated rings. The van der Waals surface area contributed by atoms with Crippen molar-refractivity contribution in [2.75, 3.05) is 11.4 Å². The summed E-state index contributed by atoms with van der Waals surface area (Å²) in [5, 5.41) is 0.958. The van der Waals surface area contributed by atoms with Gasteiger partial charge in [-0.05, 0) is 49.7 Å². The summed E-state index contributed by atoms with van der Waals surface area (Å²) in [6.07, 6.45) is 1.89. The van der Waals surface area contributed by atoms with Gasteiger partial charge in [-0.2, -0.15) is 0 Å². The van der Waals surface area contributed by atoms with E-state index in [1.807, 2.05) is 32.0 Å². The first-order chi connectivity index (χ1) is 11.1. The molecule has 0 saturated carbocycles. The summed E-state index contributed by atoms with van der Waals surface area (Å²) in [4.78, 5) is 14.3. The average molecular weight is 311 g/mol. The fourth-order valence-corrected chi connectivity index (χ4v) is 2.71. The summed E-state index contributed by atoms with van der Waals surface area (Å²) in [6.45, 7) is 4.43. The number of likely N-dealkylation sites (N-methyl/N-ethyl adjacent to an activating group) is 1. The van der Waals surface area contributed by atoms with Crippen LogP contribution < -0.4 is 4.90 Å². The Morgan fingerprint density at radius 1 is 1.17 bits per heavy atom. The van der Waals surface area contributed by atoms with Gasteiger partial charge in [-0.25, -0.2) is 4.39 Å². The predicted molar refractivity (Wildman–Crippen MR) is 89.1 cm³/mol. The lowest BCUT2D eigenvalue weighted by Crippen LogP contribution is -2.31. The number of benzene rings is 2. The molecule has 4 heteroatoms. The Kier molecular flexibility index (Phi) is 4.15. The number of furan rings is 1. The Balaban J connectivity index is 1.85. The van der Waals surface area contributed by atoms with Gasteiger partial charge in [0.05, 0.1) is 12.7 Å². The highest BCUT2D eigenvalue weighted by Gasteiger charge is 2.17. The number of amides is 1. The van der Waals surface area contributed by atoms with Crippen LogP contribution in [0.25, 0.3) is 11.0 Å². The lowest BCUT2D eigenvalue weighted by Gasteiger charge is -2.20. The van der Waals surface area contributed by atoms with E-state index in [0.29, 0.717) is 12.2 Å². The number of fused-ring (bicyclic) bond motifs is 1. The summed E-state index contributed by atoms with van der Waals surface area (Å²) in [7, 11) is 0. The van der Waals surface area contributed by atoms with Gasteiger partial charge in [0.2, 0.25) is 5.91 Å². The number of hydrogen-bond acceptors (Lipinski definition) is 2. The molecule has 2 aromatic carbocycles. The molecule has 0 aliphatic carbocycles. The largest absolute Gasteiger partial charge is 0.464 e. The molecular formula is C19H18FNO2. The molecule has 0 N–H and O–H groups in total. The zero-order valence-electron chi connectivity index (χ0n) is 13.2. The van der Waals surface area contributed by atoms with E-state index in [0.717, 1.165) is 22.1 Å². The minimum Gasteiger partial charge on any atom is -0.464 e. The lowest BCUT2D eigenvalue weighted by molar-refractivity contribution is -0.117. The number of aryl methyl sites for hydroxylation is 1. The number of hydrogen-bond donors (Lipinski definition) is 0. The van der Waals surface area contributed by atoms with Gasteiger partial charge >= 0.3 is 0 Å². The third kappa shape index (κ3) is 3.11. The Morgan fingerprint density at radius 3 is 2.61 bits per heavy atom. The van der Waals surface area contributed by atoms with Gasteiger partial charge in [-0.3, -0.25) is 4.79 Å². The number of carbonyl (C=O) groups excluding carboxylic acids is 1. The first-order valence-electron chi connectivity index (χ1n) is 7.61. The van der Waals surface area contributed by atoms with Crippen LogP contribution in [0.5, 0.6) is 0 Å². The second-order valence-corrected chi connectivity index (χ2v) is 5.55. The van der Waals surface area contributed by atoms with Gasteiger partial charge in [-0.1, -0.05) is 12.1 Å². The summed E-state index contributed by atoms with van der Waals surface area (Å²) in [5.41, 5.74) is 3.47. The maximum Gasteiger partial charge on any atom is 0.231 e. The van der Waals surface area contributed by atoms with E-state index < -0.39 is 0 Å². The van der Waals surface area contributed by atoms with Gasteiger partial charge in [0.1, 0.15) is 11.4 Å². The normalized spacial score (nSPS) is 10.9. The van der Waals surface area contributed by atoms with E-state index in [4.69, 9.17) is 4.42 Å². The smallest absolute Gasteiger partial charge is 0.231 e. The van der Waals surface area contributed by atoms with Crippen LogP contribution in [0, 0.1) is 12.7 Å². The summed E-state index contributed by atoms with van der Waals surface area (Å²) in [6, 6.07) is 11.9. The van der Waals surface area contributed by atoms with Crippen LogP contribution >= 0.6 is 0 Å². The summed E-state index contributed by atoms with van der Waals surface area (Å²) < 4.78 is 18.6. The van der Waals surface area contributed by atoms with Crippen molar-refractivity contribution in [2.24, 2.45) is 0 Å². The fourth-order valence-electron chi connectivity index (χ4n) is 2.71. The molecule has 1 heterocycles. The van der Waals surface area contributed by atoms with E-state index in [1.54, 1.807) is 23.3 Å². The van der Waals surface area contributed by atoms with Crippen LogP contribution in [-0.2, 0) is 11.2 Å². The molecule has 1 aromatic heterocycles. The van der Waals surface area contributed by atoms with Crippen molar-refractivity contribution in [3.63, 3.8) is 0 Å². The molecule has 23 heavy (non-hydrogen) atoms. The van der Waals surface area contributed by atoms with Gasteiger partial charge in [0.15, 0.2) is 0 Å². The van der Waals surface area contributed by atoms with Crippen LogP contribution in [0.4, 0.5) is 10.1 Å². The average Bonchev–Trinajstić information content (AvgIpc) is 2.92. The van der Waals surface area contributed by atoms with Crippen molar-refractivity contribution in [2.45, 2.75) is 20.3 Å². The summed E-state index contributed by atoms with van der Waals surface area (Å²) in [5.74, 6) is -0.351. The molecule has 0 aliphatic heterocycles. The van der Waals surface area contributed by atoms with Gasteiger partial charge in [0, 0.05) is 23.2 Å². The highest BCUT2D eigenvalue weighted by molar-refractivity contribution is 5.97. The molecule has 118 valence electrons. The third-order valence-corrected chi connectivity index (χ3v) is 3.91. The van der Waals surface area contributed by atoms with Crippen LogP contribution in [0.1, 0.15) is 18.1 Å². The molecule has 0 unspecified atom stereocenters. The van der Waals surface area contributed by atoms with Crippen molar-refractivity contribution >= 4 is 22.6 Å². The van der Waals surface area contributed by atoms with Gasteiger partial charge < -0.3 is 9.32 Å². The van der Waals surface area contributed by atoms with Crippen LogP contribution in [0.15, 0.2) is 53.1 Å². The molecule has 3 nitrogen and oxygen atoms in total. The molecule has 3 rings (SSSR count). The molecule has 0 radical (unpaired) electrons. The van der Waals surface area contributed by atoms with E-state index in [9.17, 15) is 9.18 Å². The highest BCUT2D eigenvalue weighted by Crippen LogP contribution is 2.24. The first kappa shape index (κ1) is 15.3. The Labute approximate surface area is 134 Å². The fraction of sp³-hybridized carbons (Fsp3) is 0.211. The van der Waals surface area contributed by atoms with E-state index in [2.05, 4.69) is 0 Å². The summed E-state index contributed by atoms with van der Waals surface area (Å²) >= 11 is 0. The van der Waals surface area contributed by atoms with E-state index in [-0.39, 0.29) is 18.1 Å². The van der Waals surface area contributed by atoms with Gasteiger partial charge in [-0.15, -0.1) is 0 Å². The quantitative estimate of drug-likeness (QED) is 0.712. The zero-order chi connectivity index (χ0) is 16.4. The maximum atomic E-state index is 13.1. The SMILES string of the molecule is CCN(C(=O)Cc1coc2cc(C)ccc12)c1ccc(F)cc1. The van der Waals surface area contributed by atoms with Crippen LogP contribution in [0.3, 0.4) is 0 Å². The molecule has 0 aliphatic rings. The predicted octanol–water partition coefficient (Wildman–Crippen LogP) is 4.48. The molecule has 0 bridgehead atoms. The second-order valence-electron chi connectivity index (χ2n) is 5.55. The van der Waals surface area contributed by atoms with Crippen molar-refractivity contribution in [3.8, 4) is 0 Å². The van der Waals surface area contributed by atoms with E-state index >= 15 is 0 Å². The van der Waals surface area contributed by atoms with Crippen molar-refractivity contribution in [1.82, 2.24) is 0 Å². The Bertz CT molecular complexity index is 836. The van der Waals surface area contributed by atoms with Crippen molar-refractivity contribution in [3.05, 3.63) is 65.7 Å². The monoisotopic (exact) mass is 311 g/mol. The maximum absolute atomic E-state index is 13.1. The third-order valence-electron chi connectivity index (χ3n) is 3.91. The minimum absolute atomic E-state index is 0.0395. The Hall–Kier alpha value is -2.62. The lowest BCUT2D eigenvalue weighted by atomic mass is 10.1. The van der Waals surface area contributed by atoms with Crippen LogP contribution in [-0.4, -0.2) is 12.5 Å².